The molecule has 0 bridgehead atoms. The van der Waals surface area contributed by atoms with E-state index in [0.29, 0.717) is 18.9 Å². The molecule has 0 aromatic heterocycles. The molecule has 154 valence electrons. The summed E-state index contributed by atoms with van der Waals surface area (Å²) in [5.74, 6) is 0. The second kappa shape index (κ2) is 9.23. The predicted molar refractivity (Wildman–Crippen MR) is 112 cm³/mol. The van der Waals surface area contributed by atoms with Crippen molar-refractivity contribution < 1.29 is 17.9 Å². The van der Waals surface area contributed by atoms with Crippen molar-refractivity contribution in [3.63, 3.8) is 0 Å². The number of anilines is 2. The number of ether oxygens (including phenoxy) is 1. The van der Waals surface area contributed by atoms with Crippen molar-refractivity contribution in [1.29, 1.82) is 0 Å². The van der Waals surface area contributed by atoms with Gasteiger partial charge in [-0.3, -0.25) is 5.43 Å². The maximum Gasteiger partial charge on any atom is 0.418 e. The highest BCUT2D eigenvalue weighted by Crippen LogP contribution is 2.34. The van der Waals surface area contributed by atoms with Crippen molar-refractivity contribution in [2.75, 3.05) is 36.5 Å². The normalized spacial score (nSPS) is 15.2. The lowest BCUT2D eigenvalue weighted by atomic mass is 10.1. The number of thiocarbonyl (C=S) groups is 1. The average Bonchev–Trinajstić information content (AvgIpc) is 2.72. The Kier molecular flexibility index (Phi) is 6.71. The number of hydrazone groups is 1. The molecule has 0 amide bonds. The van der Waals surface area contributed by atoms with E-state index in [-0.39, 0.29) is 10.8 Å². The van der Waals surface area contributed by atoms with E-state index < -0.39 is 11.7 Å². The molecule has 9 heteroatoms. The van der Waals surface area contributed by atoms with Gasteiger partial charge < -0.3 is 15.0 Å². The van der Waals surface area contributed by atoms with Crippen LogP contribution in [0.25, 0.3) is 0 Å². The van der Waals surface area contributed by atoms with Crippen LogP contribution in [-0.4, -0.2) is 37.1 Å². The van der Waals surface area contributed by atoms with E-state index in [2.05, 4.69) is 20.7 Å². The van der Waals surface area contributed by atoms with Gasteiger partial charge in [0.1, 0.15) is 0 Å². The molecule has 0 aliphatic carbocycles. The Balaban J connectivity index is 1.62. The van der Waals surface area contributed by atoms with Gasteiger partial charge in [-0.1, -0.05) is 24.3 Å². The molecule has 2 aromatic rings. The first-order valence-corrected chi connectivity index (χ1v) is 9.46. The molecule has 1 fully saturated rings. The van der Waals surface area contributed by atoms with Crippen LogP contribution in [0.3, 0.4) is 0 Å². The van der Waals surface area contributed by atoms with Gasteiger partial charge in [0.05, 0.1) is 30.2 Å². The molecule has 0 unspecified atom stereocenters. The number of hydrogen-bond donors (Lipinski definition) is 2. The summed E-state index contributed by atoms with van der Waals surface area (Å²) < 4.78 is 44.5. The number of benzene rings is 2. The van der Waals surface area contributed by atoms with Crippen LogP contribution in [0.2, 0.25) is 0 Å². The first-order chi connectivity index (χ1) is 13.8. The molecular formula is C20H21F3N4OS. The number of para-hydroxylation sites is 1. The minimum atomic E-state index is -4.47. The lowest BCUT2D eigenvalue weighted by molar-refractivity contribution is -0.136. The Morgan fingerprint density at radius 1 is 1.07 bits per heavy atom. The van der Waals surface area contributed by atoms with E-state index in [1.165, 1.54) is 18.2 Å². The maximum atomic E-state index is 13.1. The van der Waals surface area contributed by atoms with Gasteiger partial charge in [-0.05, 0) is 49.0 Å². The van der Waals surface area contributed by atoms with Crippen LogP contribution in [0.15, 0.2) is 53.6 Å². The predicted octanol–water partition coefficient (Wildman–Crippen LogP) is 4.25. The van der Waals surface area contributed by atoms with Crippen molar-refractivity contribution in [2.24, 2.45) is 5.10 Å². The summed E-state index contributed by atoms with van der Waals surface area (Å²) in [6, 6.07) is 13.1. The van der Waals surface area contributed by atoms with Crippen LogP contribution in [0.5, 0.6) is 0 Å². The summed E-state index contributed by atoms with van der Waals surface area (Å²) >= 11 is 5.08. The highest BCUT2D eigenvalue weighted by Gasteiger charge is 2.33. The second-order valence-electron chi connectivity index (χ2n) is 6.45. The smallest absolute Gasteiger partial charge is 0.378 e. The van der Waals surface area contributed by atoms with Crippen LogP contribution < -0.4 is 15.6 Å². The van der Waals surface area contributed by atoms with Gasteiger partial charge in [-0.2, -0.15) is 18.3 Å². The second-order valence-corrected chi connectivity index (χ2v) is 6.86. The van der Waals surface area contributed by atoms with Gasteiger partial charge in [0, 0.05) is 18.8 Å². The van der Waals surface area contributed by atoms with Crippen molar-refractivity contribution in [3.8, 4) is 0 Å². The molecule has 1 heterocycles. The largest absolute Gasteiger partial charge is 0.418 e. The van der Waals surface area contributed by atoms with E-state index in [1.807, 2.05) is 24.3 Å². The minimum Gasteiger partial charge on any atom is -0.378 e. The fraction of sp³-hybridized carbons (Fsp3) is 0.300. The SMILES string of the molecule is C/C(=N\NC(=S)Nc1ccccc1C(F)(F)F)c1ccc(N2CCOCC2)cc1. The quantitative estimate of drug-likeness (QED) is 0.438. The summed E-state index contributed by atoms with van der Waals surface area (Å²) in [5.41, 5.74) is 4.34. The summed E-state index contributed by atoms with van der Waals surface area (Å²) in [5, 5.41) is 6.70. The third kappa shape index (κ3) is 5.68. The van der Waals surface area contributed by atoms with E-state index in [1.54, 1.807) is 6.92 Å². The number of rotatable bonds is 4. The summed E-state index contributed by atoms with van der Waals surface area (Å²) in [4.78, 5) is 2.25. The van der Waals surface area contributed by atoms with Crippen molar-refractivity contribution >= 4 is 34.4 Å². The van der Waals surface area contributed by atoms with Gasteiger partial charge in [0.25, 0.3) is 0 Å². The average molecular weight is 422 g/mol. The van der Waals surface area contributed by atoms with Crippen LogP contribution in [0.1, 0.15) is 18.1 Å². The van der Waals surface area contributed by atoms with E-state index in [4.69, 9.17) is 17.0 Å². The Morgan fingerprint density at radius 3 is 2.38 bits per heavy atom. The van der Waals surface area contributed by atoms with Gasteiger partial charge in [-0.25, -0.2) is 0 Å². The molecule has 0 radical (unpaired) electrons. The molecule has 2 N–H and O–H groups in total. The van der Waals surface area contributed by atoms with Crippen LogP contribution in [0.4, 0.5) is 24.5 Å². The number of nitrogens with zero attached hydrogens (tertiary/aromatic N) is 2. The van der Waals surface area contributed by atoms with E-state index in [9.17, 15) is 13.2 Å². The Labute approximate surface area is 172 Å². The molecule has 2 aromatic carbocycles. The van der Waals surface area contributed by atoms with Crippen LogP contribution in [-0.2, 0) is 10.9 Å². The van der Waals surface area contributed by atoms with Gasteiger partial charge in [0.15, 0.2) is 5.11 Å². The molecule has 0 spiro atoms. The standard InChI is InChI=1S/C20H21F3N4OS/c1-14(15-6-8-16(9-7-15)27-10-12-28-13-11-27)25-26-19(29)24-18-5-3-2-4-17(18)20(21,22)23/h2-9H,10-13H2,1H3,(H2,24,26,29)/b25-14+. The van der Waals surface area contributed by atoms with E-state index in [0.717, 1.165) is 30.4 Å². The summed E-state index contributed by atoms with van der Waals surface area (Å²) in [6.07, 6.45) is -4.47. The highest BCUT2D eigenvalue weighted by atomic mass is 32.1. The van der Waals surface area contributed by atoms with Gasteiger partial charge >= 0.3 is 6.18 Å². The lowest BCUT2D eigenvalue weighted by Crippen LogP contribution is -2.36. The summed E-state index contributed by atoms with van der Waals surface area (Å²) in [7, 11) is 0. The molecule has 0 saturated carbocycles. The molecular weight excluding hydrogens is 401 g/mol. The molecule has 1 aliphatic heterocycles. The highest BCUT2D eigenvalue weighted by molar-refractivity contribution is 7.80. The molecule has 1 saturated heterocycles. The van der Waals surface area contributed by atoms with E-state index >= 15 is 0 Å². The van der Waals surface area contributed by atoms with Crippen molar-refractivity contribution in [1.82, 2.24) is 5.43 Å². The fourth-order valence-electron chi connectivity index (χ4n) is 2.92. The molecule has 3 rings (SSSR count). The monoisotopic (exact) mass is 422 g/mol. The zero-order valence-corrected chi connectivity index (χ0v) is 16.6. The number of nitrogens with one attached hydrogen (secondary N) is 2. The molecule has 5 nitrogen and oxygen atoms in total. The molecule has 1 aliphatic rings. The third-order valence-corrected chi connectivity index (χ3v) is 4.66. The number of morpholine rings is 1. The summed E-state index contributed by atoms with van der Waals surface area (Å²) in [6.45, 7) is 4.94. The lowest BCUT2D eigenvalue weighted by Gasteiger charge is -2.28. The van der Waals surface area contributed by atoms with Crippen LogP contribution >= 0.6 is 12.2 Å². The Morgan fingerprint density at radius 2 is 1.72 bits per heavy atom. The number of hydrogen-bond acceptors (Lipinski definition) is 4. The minimum absolute atomic E-state index is 0.0222. The topological polar surface area (TPSA) is 48.9 Å². The van der Waals surface area contributed by atoms with Crippen molar-refractivity contribution in [2.45, 2.75) is 13.1 Å². The molecule has 0 atom stereocenters. The first-order valence-electron chi connectivity index (χ1n) is 9.05. The zero-order valence-electron chi connectivity index (χ0n) is 15.8. The first kappa shape index (κ1) is 21.1. The third-order valence-electron chi connectivity index (χ3n) is 4.47. The van der Waals surface area contributed by atoms with Gasteiger partial charge in [0.2, 0.25) is 0 Å². The zero-order chi connectivity index (χ0) is 20.9. The maximum absolute atomic E-state index is 13.1. The van der Waals surface area contributed by atoms with Crippen molar-refractivity contribution in [3.05, 3.63) is 59.7 Å². The van der Waals surface area contributed by atoms with Gasteiger partial charge in [-0.15, -0.1) is 0 Å². The Hall–Kier alpha value is -2.65. The Bertz CT molecular complexity index is 878. The fourth-order valence-corrected chi connectivity index (χ4v) is 3.08. The number of halogens is 3. The van der Waals surface area contributed by atoms with Crippen LogP contribution in [0, 0.1) is 0 Å². The number of alkyl halides is 3. The molecule has 29 heavy (non-hydrogen) atoms.